The van der Waals surface area contributed by atoms with Crippen molar-refractivity contribution >= 4 is 18.1 Å². The van der Waals surface area contributed by atoms with Crippen molar-refractivity contribution in [2.45, 2.75) is 42.9 Å². The van der Waals surface area contributed by atoms with Crippen molar-refractivity contribution in [3.05, 3.63) is 65.7 Å². The molecule has 134 valence electrons. The standard InChI is InChI=1S/C20H27NO2SSi/c1-16-9-11-19(12-10-16)24(22,23)21-13-20(17-7-5-4-6-8-17)18-14-25(2,3)15-18/h4-12,18,20-21H,13-15H2,1-3H3/t20-/m1/s1. The first-order valence-corrected chi connectivity index (χ1v) is 13.8. The summed E-state index contributed by atoms with van der Waals surface area (Å²) in [5.74, 6) is 0.840. The lowest BCUT2D eigenvalue weighted by atomic mass is 9.87. The molecule has 1 aliphatic rings. The van der Waals surface area contributed by atoms with Crippen LogP contribution in [0.4, 0.5) is 0 Å². The molecule has 1 atom stereocenters. The number of benzene rings is 2. The number of aryl methyl sites for hydroxylation is 1. The van der Waals surface area contributed by atoms with Gasteiger partial charge in [0.1, 0.15) is 0 Å². The molecule has 1 fully saturated rings. The van der Waals surface area contributed by atoms with Gasteiger partial charge >= 0.3 is 0 Å². The molecule has 0 unspecified atom stereocenters. The normalized spacial score (nSPS) is 18.5. The van der Waals surface area contributed by atoms with Crippen LogP contribution in [0, 0.1) is 12.8 Å². The first-order valence-electron chi connectivity index (χ1n) is 8.88. The maximum Gasteiger partial charge on any atom is 0.240 e. The summed E-state index contributed by atoms with van der Waals surface area (Å²) in [7, 11) is -4.50. The molecular formula is C20H27NO2SSi. The van der Waals surface area contributed by atoms with Crippen LogP contribution in [0.3, 0.4) is 0 Å². The Balaban J connectivity index is 1.75. The maximum atomic E-state index is 12.6. The average molecular weight is 374 g/mol. The fourth-order valence-corrected chi connectivity index (χ4v) is 8.25. The molecule has 0 spiro atoms. The summed E-state index contributed by atoms with van der Waals surface area (Å²) in [4.78, 5) is 0.341. The minimum atomic E-state index is -3.47. The van der Waals surface area contributed by atoms with Gasteiger partial charge in [-0.05, 0) is 36.5 Å². The lowest BCUT2D eigenvalue weighted by molar-refractivity contribution is 0.442. The van der Waals surface area contributed by atoms with Gasteiger partial charge in [0.15, 0.2) is 0 Å². The van der Waals surface area contributed by atoms with E-state index in [0.717, 1.165) is 5.56 Å². The summed E-state index contributed by atoms with van der Waals surface area (Å²) in [6.07, 6.45) is 0. The molecule has 2 aromatic rings. The van der Waals surface area contributed by atoms with E-state index in [2.05, 4.69) is 29.9 Å². The van der Waals surface area contributed by atoms with Gasteiger partial charge in [-0.25, -0.2) is 13.1 Å². The Kier molecular flexibility index (Phi) is 5.18. The molecule has 0 radical (unpaired) electrons. The van der Waals surface area contributed by atoms with Gasteiger partial charge in [0.25, 0.3) is 0 Å². The second kappa shape index (κ2) is 7.06. The number of hydrogen-bond donors (Lipinski definition) is 1. The fourth-order valence-electron chi connectivity index (χ4n) is 3.90. The van der Waals surface area contributed by atoms with Crippen molar-refractivity contribution < 1.29 is 8.42 Å². The van der Waals surface area contributed by atoms with Crippen molar-refractivity contribution in [2.75, 3.05) is 6.54 Å². The first kappa shape index (κ1) is 18.4. The SMILES string of the molecule is Cc1ccc(S(=O)(=O)NC[C@H](c2ccccc2)C2C[Si](C)(C)C2)cc1. The van der Waals surface area contributed by atoms with E-state index >= 15 is 0 Å². The highest BCUT2D eigenvalue weighted by Gasteiger charge is 2.42. The van der Waals surface area contributed by atoms with Gasteiger partial charge in [0.05, 0.1) is 4.90 Å². The van der Waals surface area contributed by atoms with E-state index in [0.29, 0.717) is 17.4 Å². The van der Waals surface area contributed by atoms with E-state index in [-0.39, 0.29) is 5.92 Å². The minimum Gasteiger partial charge on any atom is -0.211 e. The van der Waals surface area contributed by atoms with Crippen molar-refractivity contribution in [1.82, 2.24) is 4.72 Å². The van der Waals surface area contributed by atoms with Crippen LogP contribution in [0.1, 0.15) is 17.0 Å². The van der Waals surface area contributed by atoms with E-state index in [4.69, 9.17) is 0 Å². The predicted molar refractivity (Wildman–Crippen MR) is 106 cm³/mol. The summed E-state index contributed by atoms with van der Waals surface area (Å²) in [5.41, 5.74) is 2.30. The van der Waals surface area contributed by atoms with Crippen LogP contribution in [0.25, 0.3) is 0 Å². The third-order valence-corrected chi connectivity index (χ3v) is 9.95. The fraction of sp³-hybridized carbons (Fsp3) is 0.400. The monoisotopic (exact) mass is 373 g/mol. The third kappa shape index (κ3) is 4.40. The van der Waals surface area contributed by atoms with Gasteiger partial charge in [0.2, 0.25) is 10.0 Å². The van der Waals surface area contributed by atoms with Crippen LogP contribution in [0.15, 0.2) is 59.5 Å². The quantitative estimate of drug-likeness (QED) is 0.763. The molecule has 0 bridgehead atoms. The van der Waals surface area contributed by atoms with Crippen LogP contribution in [-0.2, 0) is 10.0 Å². The molecule has 1 heterocycles. The zero-order chi connectivity index (χ0) is 18.1. The van der Waals surface area contributed by atoms with Gasteiger partial charge in [-0.15, -0.1) is 0 Å². The molecule has 0 saturated carbocycles. The molecule has 1 N–H and O–H groups in total. The Morgan fingerprint density at radius 3 is 2.20 bits per heavy atom. The largest absolute Gasteiger partial charge is 0.240 e. The highest BCUT2D eigenvalue weighted by molar-refractivity contribution is 7.89. The van der Waals surface area contributed by atoms with Crippen molar-refractivity contribution in [1.29, 1.82) is 0 Å². The Morgan fingerprint density at radius 2 is 1.64 bits per heavy atom. The molecule has 1 saturated heterocycles. The Morgan fingerprint density at radius 1 is 1.04 bits per heavy atom. The minimum absolute atomic E-state index is 0.252. The highest BCUT2D eigenvalue weighted by atomic mass is 32.2. The number of nitrogens with one attached hydrogen (secondary N) is 1. The lowest BCUT2D eigenvalue weighted by Gasteiger charge is -2.45. The van der Waals surface area contributed by atoms with E-state index in [1.807, 2.05) is 37.3 Å². The van der Waals surface area contributed by atoms with E-state index in [1.165, 1.54) is 17.7 Å². The second-order valence-electron chi connectivity index (χ2n) is 8.01. The van der Waals surface area contributed by atoms with E-state index in [9.17, 15) is 8.42 Å². The Hall–Kier alpha value is -1.43. The molecule has 1 aliphatic heterocycles. The van der Waals surface area contributed by atoms with Crippen LogP contribution in [0.5, 0.6) is 0 Å². The van der Waals surface area contributed by atoms with Gasteiger partial charge in [-0.2, -0.15) is 0 Å². The third-order valence-electron chi connectivity index (χ3n) is 5.25. The molecule has 0 aromatic heterocycles. The first-order chi connectivity index (χ1) is 11.8. The highest BCUT2D eigenvalue weighted by Crippen LogP contribution is 2.46. The second-order valence-corrected chi connectivity index (χ2v) is 14.9. The number of sulfonamides is 1. The summed E-state index contributed by atoms with van der Waals surface area (Å²) in [6, 6.07) is 19.9. The van der Waals surface area contributed by atoms with Crippen molar-refractivity contribution in [2.24, 2.45) is 5.92 Å². The number of rotatable bonds is 6. The lowest BCUT2D eigenvalue weighted by Crippen LogP contribution is -2.46. The van der Waals surface area contributed by atoms with Crippen LogP contribution < -0.4 is 4.72 Å². The Bertz CT molecular complexity index is 809. The van der Waals surface area contributed by atoms with Gasteiger partial charge in [-0.3, -0.25) is 0 Å². The van der Waals surface area contributed by atoms with Crippen LogP contribution >= 0.6 is 0 Å². The molecule has 0 amide bonds. The topological polar surface area (TPSA) is 46.2 Å². The summed E-state index contributed by atoms with van der Waals surface area (Å²) < 4.78 is 28.1. The molecule has 25 heavy (non-hydrogen) atoms. The Labute approximate surface area is 152 Å². The van der Waals surface area contributed by atoms with Crippen LogP contribution in [-0.4, -0.2) is 23.0 Å². The van der Waals surface area contributed by atoms with Crippen molar-refractivity contribution in [3.63, 3.8) is 0 Å². The summed E-state index contributed by atoms with van der Waals surface area (Å²) >= 11 is 0. The molecule has 2 aromatic carbocycles. The van der Waals surface area contributed by atoms with Crippen LogP contribution in [0.2, 0.25) is 25.2 Å². The smallest absolute Gasteiger partial charge is 0.211 e. The molecule has 5 heteroatoms. The van der Waals surface area contributed by atoms with Gasteiger partial charge in [0, 0.05) is 14.6 Å². The summed E-state index contributed by atoms with van der Waals surface area (Å²) in [6.45, 7) is 7.26. The maximum absolute atomic E-state index is 12.6. The average Bonchev–Trinajstić information content (AvgIpc) is 2.54. The van der Waals surface area contributed by atoms with Gasteiger partial charge in [-0.1, -0.05) is 73.2 Å². The van der Waals surface area contributed by atoms with E-state index in [1.54, 1.807) is 12.1 Å². The molecule has 3 nitrogen and oxygen atoms in total. The summed E-state index contributed by atoms with van der Waals surface area (Å²) in [5, 5.41) is 0. The predicted octanol–water partition coefficient (Wildman–Crippen LogP) is 4.40. The van der Waals surface area contributed by atoms with Crippen molar-refractivity contribution in [3.8, 4) is 0 Å². The van der Waals surface area contributed by atoms with E-state index < -0.39 is 18.1 Å². The molecule has 3 rings (SSSR count). The molecular weight excluding hydrogens is 346 g/mol. The van der Waals surface area contributed by atoms with Gasteiger partial charge < -0.3 is 0 Å². The zero-order valence-corrected chi connectivity index (χ0v) is 17.0. The molecule has 0 aliphatic carbocycles. The number of hydrogen-bond acceptors (Lipinski definition) is 2. The zero-order valence-electron chi connectivity index (χ0n) is 15.2.